The summed E-state index contributed by atoms with van der Waals surface area (Å²) in [5, 5.41) is 13.4. The minimum atomic E-state index is -0.359. The van der Waals surface area contributed by atoms with E-state index in [4.69, 9.17) is 5.41 Å². The summed E-state index contributed by atoms with van der Waals surface area (Å²) in [6.45, 7) is 9.44. The molecular weight excluding hydrogens is 264 g/mol. The van der Waals surface area contributed by atoms with Gasteiger partial charge in [-0.15, -0.1) is 0 Å². The van der Waals surface area contributed by atoms with Gasteiger partial charge in [-0.1, -0.05) is 32.0 Å². The molecule has 3 N–H and O–H groups in total. The number of benzene rings is 1. The molecule has 0 bridgehead atoms. The van der Waals surface area contributed by atoms with Crippen molar-refractivity contribution in [2.24, 2.45) is 0 Å². The van der Waals surface area contributed by atoms with Crippen LogP contribution in [0.4, 0.5) is 10.5 Å². The molecule has 0 aliphatic carbocycles. The number of nitrogens with zero attached hydrogens (tertiary/aromatic N) is 1. The van der Waals surface area contributed by atoms with Crippen LogP contribution in [0.5, 0.6) is 0 Å². The molecule has 1 aromatic rings. The molecule has 0 aromatic heterocycles. The molecule has 5 nitrogen and oxygen atoms in total. The van der Waals surface area contributed by atoms with Crippen molar-refractivity contribution < 1.29 is 4.79 Å². The van der Waals surface area contributed by atoms with Gasteiger partial charge in [0, 0.05) is 18.8 Å². The largest absolute Gasteiger partial charge is 0.343 e. The Morgan fingerprint density at radius 1 is 1.10 bits per heavy atom. The minimum absolute atomic E-state index is 0.129. The highest BCUT2D eigenvalue weighted by Crippen LogP contribution is 2.22. The Labute approximate surface area is 127 Å². The number of para-hydroxylation sites is 1. The fourth-order valence-corrected chi connectivity index (χ4v) is 2.27. The summed E-state index contributed by atoms with van der Waals surface area (Å²) >= 11 is 0. The first-order valence-electron chi connectivity index (χ1n) is 7.59. The molecule has 1 rings (SSSR count). The zero-order valence-electron chi connectivity index (χ0n) is 13.4. The number of nitrogens with one attached hydrogen (secondary N) is 3. The predicted octanol–water partition coefficient (Wildman–Crippen LogP) is 3.21. The minimum Gasteiger partial charge on any atom is -0.343 e. The summed E-state index contributed by atoms with van der Waals surface area (Å²) in [7, 11) is 0. The van der Waals surface area contributed by atoms with Crippen molar-refractivity contribution >= 4 is 17.7 Å². The second-order valence-corrected chi connectivity index (χ2v) is 4.76. The first kappa shape index (κ1) is 17.0. The molecule has 21 heavy (non-hydrogen) atoms. The van der Waals surface area contributed by atoms with Gasteiger partial charge in [-0.25, -0.2) is 4.79 Å². The van der Waals surface area contributed by atoms with Crippen LogP contribution in [-0.4, -0.2) is 30.0 Å². The number of urea groups is 1. The Balaban J connectivity index is 2.82. The maximum Gasteiger partial charge on any atom is 0.326 e. The molecule has 0 saturated carbocycles. The molecule has 0 fully saturated rings. The maximum absolute atomic E-state index is 12.1. The SMILES string of the molecule is CCc1cccc(CC)c1NC(=O)NC(=N)N(CC)CC. The Hall–Kier alpha value is -2.04. The second kappa shape index (κ2) is 8.29. The summed E-state index contributed by atoms with van der Waals surface area (Å²) in [5.41, 5.74) is 3.09. The van der Waals surface area contributed by atoms with E-state index < -0.39 is 0 Å². The summed E-state index contributed by atoms with van der Waals surface area (Å²) < 4.78 is 0. The van der Waals surface area contributed by atoms with Gasteiger partial charge in [0.1, 0.15) is 0 Å². The van der Waals surface area contributed by atoms with E-state index in [2.05, 4.69) is 24.5 Å². The lowest BCUT2D eigenvalue weighted by Gasteiger charge is -2.22. The van der Waals surface area contributed by atoms with Gasteiger partial charge in [0.25, 0.3) is 0 Å². The molecule has 0 heterocycles. The standard InChI is InChI=1S/C16H26N4O/c1-5-12-10-9-11-13(6-2)14(12)18-16(21)19-15(17)20(7-3)8-4/h9-11H,5-8H2,1-4H3,(H3,17,18,19,21). The third kappa shape index (κ3) is 4.48. The van der Waals surface area contributed by atoms with Gasteiger partial charge in [0.05, 0.1) is 0 Å². The maximum atomic E-state index is 12.1. The summed E-state index contributed by atoms with van der Waals surface area (Å²) in [5.74, 6) is 0.129. The third-order valence-electron chi connectivity index (χ3n) is 3.55. The van der Waals surface area contributed by atoms with Crippen LogP contribution in [0.2, 0.25) is 0 Å². The molecule has 0 aliphatic rings. The van der Waals surface area contributed by atoms with Crippen molar-refractivity contribution in [1.82, 2.24) is 10.2 Å². The second-order valence-electron chi connectivity index (χ2n) is 4.76. The molecule has 0 aliphatic heterocycles. The lowest BCUT2D eigenvalue weighted by Crippen LogP contribution is -2.45. The molecule has 0 spiro atoms. The smallest absolute Gasteiger partial charge is 0.326 e. The number of amides is 2. The van der Waals surface area contributed by atoms with E-state index >= 15 is 0 Å². The fourth-order valence-electron chi connectivity index (χ4n) is 2.27. The molecule has 0 radical (unpaired) electrons. The van der Waals surface area contributed by atoms with Crippen LogP contribution < -0.4 is 10.6 Å². The Bertz CT molecular complexity index is 473. The van der Waals surface area contributed by atoms with Crippen LogP contribution in [0.3, 0.4) is 0 Å². The highest BCUT2D eigenvalue weighted by atomic mass is 16.2. The van der Waals surface area contributed by atoms with E-state index in [1.807, 2.05) is 32.0 Å². The van der Waals surface area contributed by atoms with Crippen molar-refractivity contribution in [2.45, 2.75) is 40.5 Å². The van der Waals surface area contributed by atoms with Gasteiger partial charge in [0.2, 0.25) is 0 Å². The molecule has 2 amide bonds. The lowest BCUT2D eigenvalue weighted by atomic mass is 10.0. The summed E-state index contributed by atoms with van der Waals surface area (Å²) in [4.78, 5) is 13.9. The van der Waals surface area contributed by atoms with Crippen LogP contribution in [0.1, 0.15) is 38.8 Å². The van der Waals surface area contributed by atoms with E-state index in [1.165, 1.54) is 0 Å². The monoisotopic (exact) mass is 290 g/mol. The molecule has 0 atom stereocenters. The average Bonchev–Trinajstić information content (AvgIpc) is 2.48. The first-order valence-corrected chi connectivity index (χ1v) is 7.59. The zero-order chi connectivity index (χ0) is 15.8. The normalized spacial score (nSPS) is 10.1. The van der Waals surface area contributed by atoms with Gasteiger partial charge in [-0.3, -0.25) is 10.7 Å². The molecule has 0 unspecified atom stereocenters. The number of anilines is 1. The van der Waals surface area contributed by atoms with Crippen molar-refractivity contribution in [1.29, 1.82) is 5.41 Å². The Morgan fingerprint density at radius 3 is 2.05 bits per heavy atom. The van der Waals surface area contributed by atoms with Gasteiger partial charge in [0.15, 0.2) is 5.96 Å². The van der Waals surface area contributed by atoms with Gasteiger partial charge >= 0.3 is 6.03 Å². The van der Waals surface area contributed by atoms with Crippen molar-refractivity contribution in [3.8, 4) is 0 Å². The van der Waals surface area contributed by atoms with Crippen molar-refractivity contribution in [3.63, 3.8) is 0 Å². The molecule has 5 heteroatoms. The van der Waals surface area contributed by atoms with Crippen LogP contribution in [-0.2, 0) is 12.8 Å². The van der Waals surface area contributed by atoms with E-state index in [1.54, 1.807) is 4.90 Å². The van der Waals surface area contributed by atoms with E-state index in [9.17, 15) is 4.79 Å². The first-order chi connectivity index (χ1) is 10.1. The number of aryl methyl sites for hydroxylation is 2. The van der Waals surface area contributed by atoms with Crippen LogP contribution in [0.25, 0.3) is 0 Å². The van der Waals surface area contributed by atoms with Crippen LogP contribution in [0.15, 0.2) is 18.2 Å². The van der Waals surface area contributed by atoms with Gasteiger partial charge in [-0.05, 0) is 37.8 Å². The predicted molar refractivity (Wildman–Crippen MR) is 88.0 cm³/mol. The molecule has 116 valence electrons. The molecule has 0 saturated heterocycles. The fraction of sp³-hybridized carbons (Fsp3) is 0.500. The molecular formula is C16H26N4O. The number of carbonyl (C=O) groups excluding carboxylic acids is 1. The Kier molecular flexibility index (Phi) is 6.72. The summed E-state index contributed by atoms with van der Waals surface area (Å²) in [6.07, 6.45) is 1.72. The van der Waals surface area contributed by atoms with E-state index in [0.29, 0.717) is 13.1 Å². The topological polar surface area (TPSA) is 68.2 Å². The lowest BCUT2D eigenvalue weighted by molar-refractivity contribution is 0.254. The average molecular weight is 290 g/mol. The number of carbonyl (C=O) groups is 1. The number of hydrogen-bond donors (Lipinski definition) is 3. The van der Waals surface area contributed by atoms with Crippen molar-refractivity contribution in [3.05, 3.63) is 29.3 Å². The van der Waals surface area contributed by atoms with Gasteiger partial charge < -0.3 is 10.2 Å². The van der Waals surface area contributed by atoms with Crippen molar-refractivity contribution in [2.75, 3.05) is 18.4 Å². The van der Waals surface area contributed by atoms with Gasteiger partial charge in [-0.2, -0.15) is 0 Å². The number of rotatable bonds is 5. The molecule has 1 aromatic carbocycles. The highest BCUT2D eigenvalue weighted by Gasteiger charge is 2.13. The van der Waals surface area contributed by atoms with E-state index in [-0.39, 0.29) is 12.0 Å². The van der Waals surface area contributed by atoms with E-state index in [0.717, 1.165) is 29.7 Å². The quantitative estimate of drug-likeness (QED) is 0.576. The number of hydrogen-bond acceptors (Lipinski definition) is 2. The highest BCUT2D eigenvalue weighted by molar-refractivity contribution is 6.02. The Morgan fingerprint density at radius 2 is 1.62 bits per heavy atom. The van der Waals surface area contributed by atoms with Crippen LogP contribution in [0, 0.1) is 5.41 Å². The number of guanidine groups is 1. The summed E-state index contributed by atoms with van der Waals surface area (Å²) in [6, 6.07) is 5.69. The third-order valence-corrected chi connectivity index (χ3v) is 3.55. The van der Waals surface area contributed by atoms with Crippen LogP contribution >= 0.6 is 0 Å². The zero-order valence-corrected chi connectivity index (χ0v) is 13.4.